The predicted octanol–water partition coefficient (Wildman–Crippen LogP) is 3.21. The zero-order valence-electron chi connectivity index (χ0n) is 11.7. The van der Waals surface area contributed by atoms with E-state index >= 15 is 0 Å². The van der Waals surface area contributed by atoms with Crippen LogP contribution in [0.5, 0.6) is 0 Å². The number of rotatable bonds is 3. The van der Waals surface area contributed by atoms with Crippen molar-refractivity contribution in [2.45, 2.75) is 50.6 Å². The van der Waals surface area contributed by atoms with Crippen LogP contribution in [0.4, 0.5) is 0 Å². The Kier molecular flexibility index (Phi) is 2.21. The van der Waals surface area contributed by atoms with Gasteiger partial charge < -0.3 is 14.7 Å². The summed E-state index contributed by atoms with van der Waals surface area (Å²) in [5.41, 5.74) is 3.36. The zero-order chi connectivity index (χ0) is 13.2. The van der Waals surface area contributed by atoms with Crippen molar-refractivity contribution in [2.24, 2.45) is 17.8 Å². The highest BCUT2D eigenvalue weighted by molar-refractivity contribution is 5.69. The molecule has 2 aromatic heterocycles. The molecular formula is C16H21N3O. The van der Waals surface area contributed by atoms with Crippen LogP contribution in [0.2, 0.25) is 0 Å². The number of fused-ring (bicyclic) bond motifs is 1. The molecule has 4 bridgehead atoms. The lowest BCUT2D eigenvalue weighted by Crippen LogP contribution is -2.58. The van der Waals surface area contributed by atoms with Gasteiger partial charge >= 0.3 is 0 Å². The van der Waals surface area contributed by atoms with Crippen molar-refractivity contribution in [1.29, 1.82) is 0 Å². The fourth-order valence-corrected chi connectivity index (χ4v) is 5.50. The Bertz CT molecular complexity index is 577. The minimum absolute atomic E-state index is 0.425. The molecule has 0 atom stereocenters. The Morgan fingerprint density at radius 2 is 1.90 bits per heavy atom. The third-order valence-corrected chi connectivity index (χ3v) is 5.87. The van der Waals surface area contributed by atoms with E-state index in [0.717, 1.165) is 35.5 Å². The zero-order valence-corrected chi connectivity index (χ0v) is 11.7. The summed E-state index contributed by atoms with van der Waals surface area (Å²) >= 11 is 0. The summed E-state index contributed by atoms with van der Waals surface area (Å²) in [5, 5.41) is 3.89. The van der Waals surface area contributed by atoms with E-state index in [0.29, 0.717) is 5.54 Å². The number of aromatic nitrogens is 2. The van der Waals surface area contributed by atoms with Crippen molar-refractivity contribution < 1.29 is 4.42 Å². The minimum Gasteiger partial charge on any atom is -0.442 e. The van der Waals surface area contributed by atoms with Crippen LogP contribution in [-0.2, 0) is 6.54 Å². The largest absolute Gasteiger partial charge is 0.442 e. The maximum absolute atomic E-state index is 5.32. The highest BCUT2D eigenvalue weighted by Crippen LogP contribution is 2.55. The SMILES string of the molecule is c1nc2[nH]c(CNC34CC5CC(CC(C5)C3)C4)cc2o1. The summed E-state index contributed by atoms with van der Waals surface area (Å²) < 4.78 is 5.32. The Balaban J connectivity index is 1.35. The van der Waals surface area contributed by atoms with Gasteiger partial charge in [-0.25, -0.2) is 0 Å². The molecule has 0 unspecified atom stereocenters. The molecule has 4 nitrogen and oxygen atoms in total. The summed E-state index contributed by atoms with van der Waals surface area (Å²) in [6, 6.07) is 2.08. The lowest BCUT2D eigenvalue weighted by molar-refractivity contribution is -0.0207. The van der Waals surface area contributed by atoms with Gasteiger partial charge in [0.2, 0.25) is 0 Å². The van der Waals surface area contributed by atoms with Crippen molar-refractivity contribution in [3.63, 3.8) is 0 Å². The van der Waals surface area contributed by atoms with Gasteiger partial charge in [0.25, 0.3) is 0 Å². The number of nitrogens with one attached hydrogen (secondary N) is 2. The van der Waals surface area contributed by atoms with E-state index in [1.165, 1.54) is 50.6 Å². The molecule has 0 aliphatic heterocycles. The van der Waals surface area contributed by atoms with Crippen LogP contribution in [0, 0.1) is 17.8 Å². The van der Waals surface area contributed by atoms with Gasteiger partial charge in [-0.2, -0.15) is 4.98 Å². The minimum atomic E-state index is 0.425. The van der Waals surface area contributed by atoms with Crippen molar-refractivity contribution in [3.05, 3.63) is 18.2 Å². The Labute approximate surface area is 118 Å². The number of hydrogen-bond acceptors (Lipinski definition) is 3. The standard InChI is InChI=1S/C16H21N3O/c1-10-2-12-3-11(1)6-16(5-10,7-12)18-8-13-4-14-15(19-13)17-9-20-14/h4,9-12,18-19H,1-3,5-8H2. The molecule has 0 saturated heterocycles. The lowest BCUT2D eigenvalue weighted by atomic mass is 9.53. The molecule has 2 heterocycles. The molecule has 4 saturated carbocycles. The molecule has 4 aliphatic rings. The van der Waals surface area contributed by atoms with E-state index in [1.54, 1.807) is 0 Å². The second kappa shape index (κ2) is 3.88. The van der Waals surface area contributed by atoms with E-state index in [2.05, 4.69) is 21.4 Å². The lowest BCUT2D eigenvalue weighted by Gasteiger charge is -2.57. The molecule has 4 aliphatic carbocycles. The average Bonchev–Trinajstić information content (AvgIpc) is 2.95. The van der Waals surface area contributed by atoms with Crippen LogP contribution in [0.1, 0.15) is 44.2 Å². The van der Waals surface area contributed by atoms with Gasteiger partial charge in [-0.1, -0.05) is 0 Å². The van der Waals surface area contributed by atoms with E-state index in [9.17, 15) is 0 Å². The number of H-pyrrole nitrogens is 1. The number of nitrogens with zero attached hydrogens (tertiary/aromatic N) is 1. The monoisotopic (exact) mass is 271 g/mol. The first kappa shape index (κ1) is 11.4. The summed E-state index contributed by atoms with van der Waals surface area (Å²) in [5.74, 6) is 2.99. The van der Waals surface area contributed by atoms with Crippen LogP contribution in [0.15, 0.2) is 16.9 Å². The van der Waals surface area contributed by atoms with Gasteiger partial charge in [-0.3, -0.25) is 0 Å². The highest BCUT2D eigenvalue weighted by Gasteiger charge is 2.50. The first-order chi connectivity index (χ1) is 9.78. The van der Waals surface area contributed by atoms with E-state index in [-0.39, 0.29) is 0 Å². The van der Waals surface area contributed by atoms with Crippen LogP contribution in [0.3, 0.4) is 0 Å². The normalized spacial score (nSPS) is 38.9. The highest BCUT2D eigenvalue weighted by atomic mass is 16.3. The quantitative estimate of drug-likeness (QED) is 0.901. The van der Waals surface area contributed by atoms with E-state index in [4.69, 9.17) is 4.42 Å². The fourth-order valence-electron chi connectivity index (χ4n) is 5.50. The predicted molar refractivity (Wildman–Crippen MR) is 76.1 cm³/mol. The van der Waals surface area contributed by atoms with Gasteiger partial charge in [0.15, 0.2) is 17.6 Å². The molecule has 20 heavy (non-hydrogen) atoms. The molecule has 6 rings (SSSR count). The fraction of sp³-hybridized carbons (Fsp3) is 0.688. The number of hydrogen-bond donors (Lipinski definition) is 2. The first-order valence-corrected chi connectivity index (χ1v) is 7.94. The van der Waals surface area contributed by atoms with Crippen LogP contribution in [-0.4, -0.2) is 15.5 Å². The molecule has 4 fully saturated rings. The van der Waals surface area contributed by atoms with Crippen molar-refractivity contribution in [2.75, 3.05) is 0 Å². The topological polar surface area (TPSA) is 53.9 Å². The van der Waals surface area contributed by atoms with Crippen molar-refractivity contribution in [1.82, 2.24) is 15.3 Å². The average molecular weight is 271 g/mol. The van der Waals surface area contributed by atoms with Crippen LogP contribution in [0.25, 0.3) is 11.2 Å². The third-order valence-electron chi connectivity index (χ3n) is 5.87. The Morgan fingerprint density at radius 3 is 2.55 bits per heavy atom. The molecule has 2 aromatic rings. The van der Waals surface area contributed by atoms with Gasteiger partial charge in [0.05, 0.1) is 0 Å². The number of aromatic amines is 1. The van der Waals surface area contributed by atoms with Gasteiger partial charge in [-0.15, -0.1) is 0 Å². The van der Waals surface area contributed by atoms with Crippen molar-refractivity contribution in [3.8, 4) is 0 Å². The molecule has 0 amide bonds. The molecule has 106 valence electrons. The van der Waals surface area contributed by atoms with E-state index in [1.807, 2.05) is 0 Å². The molecule has 0 aromatic carbocycles. The summed E-state index contributed by atoms with van der Waals surface area (Å²) in [6.45, 7) is 0.915. The van der Waals surface area contributed by atoms with Crippen molar-refractivity contribution >= 4 is 11.2 Å². The molecular weight excluding hydrogens is 250 g/mol. The Hall–Kier alpha value is -1.29. The second-order valence-corrected chi connectivity index (χ2v) is 7.41. The van der Waals surface area contributed by atoms with Gasteiger partial charge in [0, 0.05) is 23.8 Å². The van der Waals surface area contributed by atoms with Gasteiger partial charge in [-0.05, 0) is 56.3 Å². The smallest absolute Gasteiger partial charge is 0.183 e. The molecule has 4 heteroatoms. The molecule has 0 spiro atoms. The first-order valence-electron chi connectivity index (χ1n) is 7.94. The van der Waals surface area contributed by atoms with Crippen LogP contribution < -0.4 is 5.32 Å². The third kappa shape index (κ3) is 1.67. The summed E-state index contributed by atoms with van der Waals surface area (Å²) in [7, 11) is 0. The maximum atomic E-state index is 5.32. The Morgan fingerprint density at radius 1 is 1.20 bits per heavy atom. The van der Waals surface area contributed by atoms with Crippen LogP contribution >= 0.6 is 0 Å². The summed E-state index contributed by atoms with van der Waals surface area (Å²) in [6.07, 6.45) is 10.2. The maximum Gasteiger partial charge on any atom is 0.183 e. The molecule has 2 N–H and O–H groups in total. The van der Waals surface area contributed by atoms with E-state index < -0.39 is 0 Å². The number of oxazole rings is 1. The second-order valence-electron chi connectivity index (χ2n) is 7.41. The van der Waals surface area contributed by atoms with Gasteiger partial charge in [0.1, 0.15) is 0 Å². The molecule has 0 radical (unpaired) electrons. The summed E-state index contributed by atoms with van der Waals surface area (Å²) in [4.78, 5) is 7.50.